The second-order valence-electron chi connectivity index (χ2n) is 7.78. The average molecular weight is 366 g/mol. The third kappa shape index (κ3) is 2.53. The first-order valence-corrected chi connectivity index (χ1v) is 9.47. The molecule has 0 aliphatic carbocycles. The van der Waals surface area contributed by atoms with Gasteiger partial charge in [0.25, 0.3) is 0 Å². The number of likely N-dealkylation sites (tertiary alicyclic amines) is 1. The summed E-state index contributed by atoms with van der Waals surface area (Å²) in [5.41, 5.74) is 8.31. The van der Waals surface area contributed by atoms with Crippen molar-refractivity contribution in [2.75, 3.05) is 19.6 Å². The lowest BCUT2D eigenvalue weighted by Crippen LogP contribution is -2.54. The highest BCUT2D eigenvalue weighted by Gasteiger charge is 2.57. The van der Waals surface area contributed by atoms with Crippen LogP contribution in [0.4, 0.5) is 0 Å². The van der Waals surface area contributed by atoms with Crippen LogP contribution < -0.4 is 5.73 Å². The number of rotatable bonds is 4. The number of hydrogen-bond acceptors (Lipinski definition) is 5. The maximum Gasteiger partial charge on any atom is 0.340 e. The number of carbonyl (C=O) groups excluding carboxylic acids is 1. The van der Waals surface area contributed by atoms with Gasteiger partial charge < -0.3 is 15.6 Å². The first-order valence-electron chi connectivity index (χ1n) is 9.47. The molecule has 27 heavy (non-hydrogen) atoms. The number of nitrogens with two attached hydrogens (primary N) is 1. The summed E-state index contributed by atoms with van der Waals surface area (Å²) in [4.78, 5) is 14.7. The summed E-state index contributed by atoms with van der Waals surface area (Å²) in [6.07, 6.45) is -0.0195. The van der Waals surface area contributed by atoms with Gasteiger partial charge in [0.1, 0.15) is 6.10 Å². The molecular formula is C22H26N2O3. The Morgan fingerprint density at radius 2 is 1.96 bits per heavy atom. The zero-order valence-corrected chi connectivity index (χ0v) is 15.8. The van der Waals surface area contributed by atoms with Crippen LogP contribution in [0, 0.1) is 6.92 Å². The van der Waals surface area contributed by atoms with Gasteiger partial charge in [-0.3, -0.25) is 4.90 Å². The maximum atomic E-state index is 12.6. The van der Waals surface area contributed by atoms with Gasteiger partial charge in [-0.15, -0.1) is 0 Å². The molecule has 2 aliphatic rings. The fourth-order valence-electron chi connectivity index (χ4n) is 4.81. The average Bonchev–Trinajstić information content (AvgIpc) is 3.25. The first kappa shape index (κ1) is 18.2. The molecule has 0 bridgehead atoms. The van der Waals surface area contributed by atoms with Crippen molar-refractivity contribution in [1.82, 2.24) is 4.90 Å². The van der Waals surface area contributed by atoms with Crippen LogP contribution in [0.3, 0.4) is 0 Å². The molecule has 3 unspecified atom stereocenters. The molecule has 0 aromatic heterocycles. The van der Waals surface area contributed by atoms with Crippen molar-refractivity contribution < 1.29 is 14.6 Å². The monoisotopic (exact) mass is 366 g/mol. The second kappa shape index (κ2) is 6.44. The number of nitrogens with zero attached hydrogens (tertiary/aromatic N) is 1. The Morgan fingerprint density at radius 1 is 1.22 bits per heavy atom. The quantitative estimate of drug-likeness (QED) is 0.812. The van der Waals surface area contributed by atoms with E-state index >= 15 is 0 Å². The SMILES string of the molecule is Cc1cccc2c1C(C(C)O)(N1CCC(CN)(c3ccccc3)C1)OC2=O. The number of esters is 1. The van der Waals surface area contributed by atoms with Crippen LogP contribution in [0.1, 0.15) is 40.4 Å². The molecule has 142 valence electrons. The molecule has 3 N–H and O–H groups in total. The third-order valence-electron chi connectivity index (χ3n) is 6.27. The lowest BCUT2D eigenvalue weighted by Gasteiger charge is -2.41. The Hall–Kier alpha value is -2.21. The minimum Gasteiger partial charge on any atom is -0.433 e. The van der Waals surface area contributed by atoms with Crippen molar-refractivity contribution in [3.05, 3.63) is 70.8 Å². The van der Waals surface area contributed by atoms with Gasteiger partial charge in [-0.05, 0) is 37.5 Å². The van der Waals surface area contributed by atoms with E-state index in [1.165, 1.54) is 5.56 Å². The number of hydrogen-bond donors (Lipinski definition) is 2. The highest BCUT2D eigenvalue weighted by atomic mass is 16.6. The van der Waals surface area contributed by atoms with Gasteiger partial charge >= 0.3 is 5.97 Å². The Bertz CT molecular complexity index is 867. The van der Waals surface area contributed by atoms with Crippen LogP contribution in [-0.4, -0.2) is 41.7 Å². The molecular weight excluding hydrogens is 340 g/mol. The van der Waals surface area contributed by atoms with E-state index in [-0.39, 0.29) is 11.4 Å². The number of carbonyl (C=O) groups is 1. The predicted molar refractivity (Wildman–Crippen MR) is 103 cm³/mol. The molecule has 0 radical (unpaired) electrons. The lowest BCUT2D eigenvalue weighted by molar-refractivity contribution is -0.170. The van der Waals surface area contributed by atoms with Gasteiger partial charge in [0, 0.05) is 30.6 Å². The molecule has 0 saturated carbocycles. The molecule has 2 aliphatic heterocycles. The standard InChI is InChI=1S/C22H26N2O3/c1-15-7-6-10-18-19(15)22(16(2)25,27-20(18)26)24-12-11-21(13-23,14-24)17-8-4-3-5-9-17/h3-10,16,25H,11-14,23H2,1-2H3. The fourth-order valence-corrected chi connectivity index (χ4v) is 4.81. The third-order valence-corrected chi connectivity index (χ3v) is 6.27. The minimum absolute atomic E-state index is 0.221. The van der Waals surface area contributed by atoms with Crippen LogP contribution in [-0.2, 0) is 15.9 Å². The summed E-state index contributed by atoms with van der Waals surface area (Å²) in [6, 6.07) is 15.8. The lowest BCUT2D eigenvalue weighted by atomic mass is 9.79. The summed E-state index contributed by atoms with van der Waals surface area (Å²) in [7, 11) is 0. The first-order chi connectivity index (χ1) is 12.9. The molecule has 1 fully saturated rings. The fraction of sp³-hybridized carbons (Fsp3) is 0.409. The molecule has 2 aromatic carbocycles. The van der Waals surface area contributed by atoms with E-state index in [1.54, 1.807) is 13.0 Å². The maximum absolute atomic E-state index is 12.6. The Labute approximate surface area is 159 Å². The molecule has 3 atom stereocenters. The number of cyclic esters (lactones) is 1. The van der Waals surface area contributed by atoms with Crippen molar-refractivity contribution >= 4 is 5.97 Å². The van der Waals surface area contributed by atoms with Gasteiger partial charge in [0.05, 0.1) is 5.56 Å². The summed E-state index contributed by atoms with van der Waals surface area (Å²) in [6.45, 7) is 5.47. The Kier molecular flexibility index (Phi) is 4.34. The van der Waals surface area contributed by atoms with E-state index in [0.717, 1.165) is 17.5 Å². The second-order valence-corrected chi connectivity index (χ2v) is 7.78. The van der Waals surface area contributed by atoms with E-state index in [4.69, 9.17) is 10.5 Å². The van der Waals surface area contributed by atoms with E-state index in [1.807, 2.05) is 37.3 Å². The van der Waals surface area contributed by atoms with Gasteiger partial charge in [-0.2, -0.15) is 0 Å². The number of fused-ring (bicyclic) bond motifs is 1. The topological polar surface area (TPSA) is 75.8 Å². The summed E-state index contributed by atoms with van der Waals surface area (Å²) in [5, 5.41) is 10.8. The zero-order valence-electron chi connectivity index (χ0n) is 15.8. The van der Waals surface area contributed by atoms with Crippen molar-refractivity contribution in [1.29, 1.82) is 0 Å². The molecule has 2 aromatic rings. The van der Waals surface area contributed by atoms with Gasteiger partial charge in [-0.1, -0.05) is 42.5 Å². The van der Waals surface area contributed by atoms with Crippen molar-refractivity contribution in [3.8, 4) is 0 Å². The smallest absolute Gasteiger partial charge is 0.340 e. The Morgan fingerprint density at radius 3 is 2.63 bits per heavy atom. The molecule has 1 saturated heterocycles. The van der Waals surface area contributed by atoms with E-state index in [0.29, 0.717) is 25.2 Å². The van der Waals surface area contributed by atoms with Crippen LogP contribution in [0.2, 0.25) is 0 Å². The number of aliphatic hydroxyl groups excluding tert-OH is 1. The summed E-state index contributed by atoms with van der Waals surface area (Å²) < 4.78 is 5.92. The molecule has 0 spiro atoms. The molecule has 5 nitrogen and oxygen atoms in total. The van der Waals surface area contributed by atoms with E-state index < -0.39 is 11.8 Å². The van der Waals surface area contributed by atoms with Crippen LogP contribution in [0.15, 0.2) is 48.5 Å². The van der Waals surface area contributed by atoms with Gasteiger partial charge in [-0.25, -0.2) is 4.79 Å². The van der Waals surface area contributed by atoms with E-state index in [2.05, 4.69) is 17.0 Å². The van der Waals surface area contributed by atoms with Crippen LogP contribution in [0.5, 0.6) is 0 Å². The normalized spacial score (nSPS) is 28.8. The zero-order chi connectivity index (χ0) is 19.2. The Balaban J connectivity index is 1.80. The number of aliphatic hydroxyl groups is 1. The van der Waals surface area contributed by atoms with Crippen LogP contribution in [0.25, 0.3) is 0 Å². The van der Waals surface area contributed by atoms with Crippen molar-refractivity contribution in [3.63, 3.8) is 0 Å². The highest BCUT2D eigenvalue weighted by Crippen LogP contribution is 2.48. The number of benzene rings is 2. The predicted octanol–water partition coefficient (Wildman–Crippen LogP) is 2.30. The van der Waals surface area contributed by atoms with Crippen molar-refractivity contribution in [2.45, 2.75) is 37.5 Å². The summed E-state index contributed by atoms with van der Waals surface area (Å²) in [5.74, 6) is -0.375. The largest absolute Gasteiger partial charge is 0.433 e. The molecule has 0 amide bonds. The van der Waals surface area contributed by atoms with Gasteiger partial charge in [0.2, 0.25) is 5.72 Å². The molecule has 2 heterocycles. The number of aryl methyl sites for hydroxylation is 1. The van der Waals surface area contributed by atoms with Gasteiger partial charge in [0.15, 0.2) is 0 Å². The molecule has 4 rings (SSSR count). The van der Waals surface area contributed by atoms with Crippen LogP contribution >= 0.6 is 0 Å². The molecule has 5 heteroatoms. The number of ether oxygens (including phenoxy) is 1. The summed E-state index contributed by atoms with van der Waals surface area (Å²) >= 11 is 0. The highest BCUT2D eigenvalue weighted by molar-refractivity contribution is 5.95. The minimum atomic E-state index is -1.16. The van der Waals surface area contributed by atoms with E-state index in [9.17, 15) is 9.90 Å². The van der Waals surface area contributed by atoms with Crippen molar-refractivity contribution in [2.24, 2.45) is 5.73 Å².